The quantitative estimate of drug-likeness (QED) is 0.898. The number of hydrogen-bond donors (Lipinski definition) is 1. The topological polar surface area (TPSA) is 87.0 Å². The lowest BCUT2D eigenvalue weighted by Gasteiger charge is -2.21. The van der Waals surface area contributed by atoms with Gasteiger partial charge in [-0.3, -0.25) is 0 Å². The lowest BCUT2D eigenvalue weighted by molar-refractivity contribution is 0.397. The van der Waals surface area contributed by atoms with Crippen LogP contribution in [0.15, 0.2) is 12.4 Å². The number of methoxy groups -OCH3 is 1. The van der Waals surface area contributed by atoms with Crippen molar-refractivity contribution in [2.24, 2.45) is 0 Å². The van der Waals surface area contributed by atoms with Crippen molar-refractivity contribution in [2.45, 2.75) is 26.3 Å². The molecular weight excluding hydrogens is 340 g/mol. The van der Waals surface area contributed by atoms with Crippen molar-refractivity contribution in [1.82, 2.24) is 15.0 Å². The zero-order valence-corrected chi connectivity index (χ0v) is 15.1. The Morgan fingerprint density at radius 2 is 2.20 bits per heavy atom. The maximum Gasteiger partial charge on any atom is 0.218 e. The molecule has 3 rings (SSSR count). The number of hydrogen-bond acceptors (Lipinski definition) is 7. The Hall–Kier alpha value is -2.59. The van der Waals surface area contributed by atoms with Gasteiger partial charge in [0.25, 0.3) is 0 Å². The standard InChI is InChI=1S/C17H19ClN6O/c1-10-13(7-19)17(22-11(2)16(10)18)24-5-4-12(8-24)23-14-6-15(25-3)21-9-20-14/h6,9,12H,4-5,8H2,1-3H3,(H,20,21,23). The summed E-state index contributed by atoms with van der Waals surface area (Å²) in [7, 11) is 1.57. The van der Waals surface area contributed by atoms with Crippen LogP contribution in [0.5, 0.6) is 5.88 Å². The number of ether oxygens (including phenoxy) is 1. The SMILES string of the molecule is COc1cc(NC2CCN(c3nc(C)c(Cl)c(C)c3C#N)C2)ncn1. The molecule has 2 aromatic rings. The summed E-state index contributed by atoms with van der Waals surface area (Å²) in [5.41, 5.74) is 2.06. The summed E-state index contributed by atoms with van der Waals surface area (Å²) >= 11 is 6.23. The van der Waals surface area contributed by atoms with Crippen LogP contribution in [-0.2, 0) is 0 Å². The smallest absolute Gasteiger partial charge is 0.218 e. The molecule has 0 aliphatic carbocycles. The Morgan fingerprint density at radius 3 is 2.92 bits per heavy atom. The Bertz CT molecular complexity index is 835. The maximum atomic E-state index is 9.51. The molecule has 0 saturated carbocycles. The molecule has 3 heterocycles. The minimum absolute atomic E-state index is 0.198. The first-order chi connectivity index (χ1) is 12.0. The van der Waals surface area contributed by atoms with Gasteiger partial charge >= 0.3 is 0 Å². The fourth-order valence-corrected chi connectivity index (χ4v) is 3.12. The summed E-state index contributed by atoms with van der Waals surface area (Å²) < 4.78 is 5.12. The van der Waals surface area contributed by atoms with Gasteiger partial charge in [0.2, 0.25) is 5.88 Å². The van der Waals surface area contributed by atoms with E-state index < -0.39 is 0 Å². The van der Waals surface area contributed by atoms with E-state index in [1.807, 2.05) is 13.8 Å². The molecule has 1 aliphatic heterocycles. The van der Waals surface area contributed by atoms with Crippen LogP contribution in [0.2, 0.25) is 5.02 Å². The Kier molecular flexibility index (Phi) is 4.91. The molecule has 0 radical (unpaired) electrons. The van der Waals surface area contributed by atoms with Crippen molar-refractivity contribution in [1.29, 1.82) is 5.26 Å². The summed E-state index contributed by atoms with van der Waals surface area (Å²) in [5.74, 6) is 1.94. The van der Waals surface area contributed by atoms with Crippen molar-refractivity contribution in [2.75, 3.05) is 30.4 Å². The molecule has 7 nitrogen and oxygen atoms in total. The highest BCUT2D eigenvalue weighted by Gasteiger charge is 2.27. The average molecular weight is 359 g/mol. The van der Waals surface area contributed by atoms with Gasteiger partial charge in [0, 0.05) is 25.2 Å². The summed E-state index contributed by atoms with van der Waals surface area (Å²) in [6.45, 7) is 5.26. The van der Waals surface area contributed by atoms with Gasteiger partial charge in [-0.2, -0.15) is 5.26 Å². The van der Waals surface area contributed by atoms with Crippen LogP contribution >= 0.6 is 11.6 Å². The number of anilines is 2. The molecular formula is C17H19ClN6O. The molecule has 0 bridgehead atoms. The van der Waals surface area contributed by atoms with E-state index in [0.29, 0.717) is 22.3 Å². The highest BCUT2D eigenvalue weighted by Crippen LogP contribution is 2.31. The Balaban J connectivity index is 1.78. The minimum atomic E-state index is 0.198. The predicted octanol–water partition coefficient (Wildman–Crippen LogP) is 2.71. The van der Waals surface area contributed by atoms with Crippen LogP contribution in [0, 0.1) is 25.2 Å². The van der Waals surface area contributed by atoms with E-state index in [1.165, 1.54) is 6.33 Å². The van der Waals surface area contributed by atoms with Crippen LogP contribution in [0.4, 0.5) is 11.6 Å². The van der Waals surface area contributed by atoms with Crippen molar-refractivity contribution < 1.29 is 4.74 Å². The first-order valence-corrected chi connectivity index (χ1v) is 8.35. The van der Waals surface area contributed by atoms with Gasteiger partial charge in [0.1, 0.15) is 24.0 Å². The number of aromatic nitrogens is 3. The monoisotopic (exact) mass is 358 g/mol. The summed E-state index contributed by atoms with van der Waals surface area (Å²) in [4.78, 5) is 14.9. The van der Waals surface area contributed by atoms with E-state index in [2.05, 4.69) is 31.2 Å². The van der Waals surface area contributed by atoms with Crippen molar-refractivity contribution >= 4 is 23.2 Å². The zero-order valence-electron chi connectivity index (χ0n) is 14.4. The number of rotatable bonds is 4. The molecule has 0 spiro atoms. The van der Waals surface area contributed by atoms with Crippen LogP contribution < -0.4 is 15.0 Å². The van der Waals surface area contributed by atoms with Gasteiger partial charge in [0.15, 0.2) is 0 Å². The molecule has 1 N–H and O–H groups in total. The van der Waals surface area contributed by atoms with Crippen LogP contribution in [0.3, 0.4) is 0 Å². The third-order valence-electron chi connectivity index (χ3n) is 4.32. The molecule has 25 heavy (non-hydrogen) atoms. The molecule has 1 fully saturated rings. The third-order valence-corrected chi connectivity index (χ3v) is 4.88. The number of nitriles is 1. The number of halogens is 1. The maximum absolute atomic E-state index is 9.51. The largest absolute Gasteiger partial charge is 0.481 e. The van der Waals surface area contributed by atoms with E-state index in [-0.39, 0.29) is 6.04 Å². The van der Waals surface area contributed by atoms with Gasteiger partial charge in [-0.1, -0.05) is 11.6 Å². The van der Waals surface area contributed by atoms with Crippen LogP contribution in [0.25, 0.3) is 0 Å². The van der Waals surface area contributed by atoms with Crippen molar-refractivity contribution in [3.05, 3.63) is 34.2 Å². The molecule has 130 valence electrons. The highest BCUT2D eigenvalue weighted by atomic mass is 35.5. The third kappa shape index (κ3) is 3.44. The number of nitrogens with one attached hydrogen (secondary N) is 1. The van der Waals surface area contributed by atoms with Crippen LogP contribution in [0.1, 0.15) is 23.2 Å². The van der Waals surface area contributed by atoms with E-state index in [0.717, 1.165) is 36.6 Å². The number of pyridine rings is 1. The number of nitrogens with zero attached hydrogens (tertiary/aromatic N) is 5. The van der Waals surface area contributed by atoms with Gasteiger partial charge < -0.3 is 15.0 Å². The summed E-state index contributed by atoms with van der Waals surface area (Å²) in [6.07, 6.45) is 2.38. The second-order valence-corrected chi connectivity index (χ2v) is 6.35. The van der Waals surface area contributed by atoms with E-state index >= 15 is 0 Å². The predicted molar refractivity (Wildman–Crippen MR) is 96.3 cm³/mol. The molecule has 0 amide bonds. The van der Waals surface area contributed by atoms with Crippen molar-refractivity contribution in [3.63, 3.8) is 0 Å². The molecule has 1 unspecified atom stereocenters. The minimum Gasteiger partial charge on any atom is -0.481 e. The van der Waals surface area contributed by atoms with Crippen LogP contribution in [-0.4, -0.2) is 41.2 Å². The van der Waals surface area contributed by atoms with Gasteiger partial charge in [-0.15, -0.1) is 0 Å². The van der Waals surface area contributed by atoms with E-state index in [4.69, 9.17) is 16.3 Å². The highest BCUT2D eigenvalue weighted by molar-refractivity contribution is 6.32. The lowest BCUT2D eigenvalue weighted by Crippen LogP contribution is -2.28. The summed E-state index contributed by atoms with van der Waals surface area (Å²) in [6, 6.07) is 4.20. The molecule has 8 heteroatoms. The average Bonchev–Trinajstić information content (AvgIpc) is 3.08. The van der Waals surface area contributed by atoms with Gasteiger partial charge in [0.05, 0.1) is 23.4 Å². The second-order valence-electron chi connectivity index (χ2n) is 5.97. The summed E-state index contributed by atoms with van der Waals surface area (Å²) in [5, 5.41) is 13.5. The van der Waals surface area contributed by atoms with Gasteiger partial charge in [-0.05, 0) is 25.8 Å². The molecule has 1 saturated heterocycles. The first-order valence-electron chi connectivity index (χ1n) is 7.97. The van der Waals surface area contributed by atoms with E-state index in [1.54, 1.807) is 13.2 Å². The Morgan fingerprint density at radius 1 is 1.40 bits per heavy atom. The van der Waals surface area contributed by atoms with E-state index in [9.17, 15) is 5.26 Å². The molecule has 0 aromatic carbocycles. The Labute approximate surface area is 151 Å². The normalized spacial score (nSPS) is 16.6. The second kappa shape index (κ2) is 7.11. The first kappa shape index (κ1) is 17.2. The zero-order chi connectivity index (χ0) is 18.0. The van der Waals surface area contributed by atoms with Gasteiger partial charge in [-0.25, -0.2) is 15.0 Å². The fraction of sp³-hybridized carbons (Fsp3) is 0.412. The number of aryl methyl sites for hydroxylation is 1. The lowest BCUT2D eigenvalue weighted by atomic mass is 10.1. The molecule has 1 atom stereocenters. The van der Waals surface area contributed by atoms with Crippen molar-refractivity contribution in [3.8, 4) is 11.9 Å². The molecule has 2 aromatic heterocycles. The molecule has 1 aliphatic rings. The fourth-order valence-electron chi connectivity index (χ4n) is 2.98.